The highest BCUT2D eigenvalue weighted by Crippen LogP contribution is 2.09. The van der Waals surface area contributed by atoms with Gasteiger partial charge in [0.2, 0.25) is 0 Å². The molecule has 0 rings (SSSR count). The van der Waals surface area contributed by atoms with Crippen molar-refractivity contribution in [3.8, 4) is 0 Å². The summed E-state index contributed by atoms with van der Waals surface area (Å²) in [5.41, 5.74) is 0.548. The van der Waals surface area contributed by atoms with E-state index in [4.69, 9.17) is 16.6 Å². The van der Waals surface area contributed by atoms with E-state index in [0.29, 0.717) is 24.2 Å². The normalized spacial score (nSPS) is 9.85. The summed E-state index contributed by atoms with van der Waals surface area (Å²) in [5, 5.41) is 0. The first-order valence-corrected chi connectivity index (χ1v) is 4.21. The van der Waals surface area contributed by atoms with Gasteiger partial charge in [0, 0.05) is 31.7 Å². The Labute approximate surface area is 83.7 Å². The van der Waals surface area contributed by atoms with Crippen LogP contribution in [-0.4, -0.2) is 17.4 Å². The van der Waals surface area contributed by atoms with Crippen LogP contribution in [0.25, 0.3) is 0 Å². The molecule has 0 amide bonds. The van der Waals surface area contributed by atoms with Crippen LogP contribution in [0.3, 0.4) is 0 Å². The summed E-state index contributed by atoms with van der Waals surface area (Å²) >= 11 is 5.40. The summed E-state index contributed by atoms with van der Waals surface area (Å²) in [6, 6.07) is 0. The van der Waals surface area contributed by atoms with E-state index in [9.17, 15) is 4.79 Å². The Kier molecular flexibility index (Phi) is 5.42. The van der Waals surface area contributed by atoms with Crippen LogP contribution < -0.4 is 0 Å². The van der Waals surface area contributed by atoms with Gasteiger partial charge in [0.25, 0.3) is 0 Å². The fraction of sp³-hybridized carbons (Fsp3) is 0.444. The number of hydrogen-bond acceptors (Lipinski definition) is 3. The number of carbonyl (C=O) groups excluding carboxylic acids is 1. The van der Waals surface area contributed by atoms with Crippen molar-refractivity contribution >= 4 is 17.6 Å². The molecule has 74 valence electrons. The number of carbonyl (C=O) groups is 1. The van der Waals surface area contributed by atoms with E-state index in [-0.39, 0.29) is 5.78 Å². The lowest BCUT2D eigenvalue weighted by Gasteiger charge is -2.10. The molecule has 0 aromatic rings. The number of Topliss-reactive ketones (excluding diaryl/α,β-unsaturated/α-hetero) is 1. The van der Waals surface area contributed by atoms with Gasteiger partial charge in [-0.2, -0.15) is 0 Å². The van der Waals surface area contributed by atoms with Crippen molar-refractivity contribution < 1.29 is 9.63 Å². The summed E-state index contributed by atoms with van der Waals surface area (Å²) in [5.74, 6) is 0.481. The molecule has 0 fully saturated rings. The summed E-state index contributed by atoms with van der Waals surface area (Å²) in [6.07, 6.45) is 0.821. The molecule has 0 saturated carbocycles. The van der Waals surface area contributed by atoms with Crippen LogP contribution in [-0.2, 0) is 9.63 Å². The Morgan fingerprint density at radius 2 is 2.00 bits per heavy atom. The third kappa shape index (κ3) is 6.37. The SMILES string of the molecule is C=C(CCC(=O)C(=C)C)ON(C)Cl. The van der Waals surface area contributed by atoms with Crippen LogP contribution in [0.15, 0.2) is 24.5 Å². The summed E-state index contributed by atoms with van der Waals surface area (Å²) in [7, 11) is 1.54. The fourth-order valence-corrected chi connectivity index (χ4v) is 0.787. The number of rotatable bonds is 6. The van der Waals surface area contributed by atoms with Crippen molar-refractivity contribution in [2.45, 2.75) is 19.8 Å². The van der Waals surface area contributed by atoms with Crippen LogP contribution in [0.1, 0.15) is 19.8 Å². The molecule has 0 aromatic carbocycles. The van der Waals surface area contributed by atoms with Crippen molar-refractivity contribution in [1.82, 2.24) is 4.58 Å². The van der Waals surface area contributed by atoms with Gasteiger partial charge in [-0.25, -0.2) is 0 Å². The second-order valence-corrected chi connectivity index (χ2v) is 3.23. The number of allylic oxidation sites excluding steroid dienone is 2. The lowest BCUT2D eigenvalue weighted by atomic mass is 10.1. The fourth-order valence-electron chi connectivity index (χ4n) is 0.690. The average molecular weight is 204 g/mol. The van der Waals surface area contributed by atoms with Crippen LogP contribution in [0, 0.1) is 0 Å². The van der Waals surface area contributed by atoms with Gasteiger partial charge in [-0.05, 0) is 12.5 Å². The maximum Gasteiger partial charge on any atom is 0.158 e. The first-order chi connectivity index (χ1) is 5.93. The zero-order chi connectivity index (χ0) is 10.4. The number of ketones is 1. The summed E-state index contributed by atoms with van der Waals surface area (Å²) in [4.78, 5) is 16.0. The zero-order valence-electron chi connectivity index (χ0n) is 7.97. The summed E-state index contributed by atoms with van der Waals surface area (Å²) < 4.78 is 1.02. The number of hydrogen-bond donors (Lipinski definition) is 0. The smallest absolute Gasteiger partial charge is 0.158 e. The summed E-state index contributed by atoms with van der Waals surface area (Å²) in [6.45, 7) is 8.81. The molecule has 4 heteroatoms. The van der Waals surface area contributed by atoms with Crippen molar-refractivity contribution in [3.63, 3.8) is 0 Å². The standard InChI is InChI=1S/C9H14ClNO2/c1-7(2)9(12)6-5-8(3)13-11(4)10/h1,3,5-6H2,2,4H3. The third-order valence-electron chi connectivity index (χ3n) is 1.36. The highest BCUT2D eigenvalue weighted by Gasteiger charge is 2.05. The van der Waals surface area contributed by atoms with E-state index in [1.807, 2.05) is 0 Å². The second kappa shape index (κ2) is 5.78. The molecule has 0 unspecified atom stereocenters. The molecule has 0 bridgehead atoms. The molecule has 0 aliphatic rings. The van der Waals surface area contributed by atoms with Gasteiger partial charge >= 0.3 is 0 Å². The molecule has 0 heterocycles. The molecule has 0 saturated heterocycles. The highest BCUT2D eigenvalue weighted by atomic mass is 35.5. The Bertz CT molecular complexity index is 224. The monoisotopic (exact) mass is 203 g/mol. The lowest BCUT2D eigenvalue weighted by molar-refractivity contribution is -0.115. The van der Waals surface area contributed by atoms with Crippen LogP contribution in [0.2, 0.25) is 0 Å². The molecule has 0 radical (unpaired) electrons. The van der Waals surface area contributed by atoms with Crippen LogP contribution in [0.4, 0.5) is 0 Å². The topological polar surface area (TPSA) is 29.5 Å². The molecular formula is C9H14ClNO2. The second-order valence-electron chi connectivity index (χ2n) is 2.75. The van der Waals surface area contributed by atoms with Crippen molar-refractivity contribution in [2.24, 2.45) is 0 Å². The Hall–Kier alpha value is -0.800. The third-order valence-corrected chi connectivity index (χ3v) is 1.43. The zero-order valence-corrected chi connectivity index (χ0v) is 8.73. The molecule has 0 spiro atoms. The molecule has 0 atom stereocenters. The van der Waals surface area contributed by atoms with Crippen molar-refractivity contribution in [3.05, 3.63) is 24.5 Å². The van der Waals surface area contributed by atoms with Crippen LogP contribution >= 0.6 is 11.8 Å². The Morgan fingerprint density at radius 3 is 2.38 bits per heavy atom. The maximum absolute atomic E-state index is 11.1. The van der Waals surface area contributed by atoms with Gasteiger partial charge in [0.05, 0.1) is 0 Å². The molecule has 0 aliphatic carbocycles. The van der Waals surface area contributed by atoms with Crippen LogP contribution in [0.5, 0.6) is 0 Å². The minimum atomic E-state index is 0.0157. The Morgan fingerprint density at radius 1 is 1.46 bits per heavy atom. The minimum Gasteiger partial charge on any atom is -0.396 e. The van der Waals surface area contributed by atoms with Crippen molar-refractivity contribution in [2.75, 3.05) is 7.05 Å². The van der Waals surface area contributed by atoms with Gasteiger partial charge in [-0.15, -0.1) is 0 Å². The van der Waals surface area contributed by atoms with Gasteiger partial charge in [0.15, 0.2) is 5.78 Å². The number of nitrogens with zero attached hydrogens (tertiary/aromatic N) is 1. The van der Waals surface area contributed by atoms with Crippen molar-refractivity contribution in [1.29, 1.82) is 0 Å². The quantitative estimate of drug-likeness (QED) is 0.288. The maximum atomic E-state index is 11.1. The molecule has 0 N–H and O–H groups in total. The molecule has 3 nitrogen and oxygen atoms in total. The van der Waals surface area contributed by atoms with E-state index < -0.39 is 0 Å². The van der Waals surface area contributed by atoms with Gasteiger partial charge in [0.1, 0.15) is 5.76 Å². The van der Waals surface area contributed by atoms with E-state index >= 15 is 0 Å². The first-order valence-electron chi connectivity index (χ1n) is 3.87. The predicted molar refractivity (Wildman–Crippen MR) is 52.9 cm³/mol. The molecule has 13 heavy (non-hydrogen) atoms. The molecule has 0 aromatic heterocycles. The van der Waals surface area contributed by atoms with Gasteiger partial charge in [-0.1, -0.05) is 17.7 Å². The van der Waals surface area contributed by atoms with Gasteiger partial charge in [-0.3, -0.25) is 4.79 Å². The highest BCUT2D eigenvalue weighted by molar-refractivity contribution is 6.12. The largest absolute Gasteiger partial charge is 0.396 e. The van der Waals surface area contributed by atoms with E-state index in [1.165, 1.54) is 7.05 Å². The average Bonchev–Trinajstić information content (AvgIpc) is 1.98. The minimum absolute atomic E-state index is 0.0157. The van der Waals surface area contributed by atoms with E-state index in [1.54, 1.807) is 6.92 Å². The lowest BCUT2D eigenvalue weighted by Crippen LogP contribution is -2.07. The Balaban J connectivity index is 3.71. The van der Waals surface area contributed by atoms with E-state index in [2.05, 4.69) is 13.2 Å². The molecule has 0 aliphatic heterocycles. The predicted octanol–water partition coefficient (Wildman–Crippen LogP) is 2.44. The number of halogens is 1. The van der Waals surface area contributed by atoms with E-state index in [0.717, 1.165) is 4.58 Å². The number of hydroxylamine groups is 1. The van der Waals surface area contributed by atoms with Gasteiger partial charge < -0.3 is 4.84 Å². The molecular weight excluding hydrogens is 190 g/mol. The first kappa shape index (κ1) is 12.2.